The van der Waals surface area contributed by atoms with Gasteiger partial charge < -0.3 is 5.32 Å². The fourth-order valence-corrected chi connectivity index (χ4v) is 2.64. The van der Waals surface area contributed by atoms with E-state index in [4.69, 9.17) is 0 Å². The highest BCUT2D eigenvalue weighted by atomic mass is 32.2. The summed E-state index contributed by atoms with van der Waals surface area (Å²) >= 11 is 3.56. The van der Waals surface area contributed by atoms with Crippen LogP contribution in [0.2, 0.25) is 0 Å². The minimum Gasteiger partial charge on any atom is -0.346 e. The quantitative estimate of drug-likeness (QED) is 0.792. The van der Waals surface area contributed by atoms with Crippen molar-refractivity contribution in [1.29, 1.82) is 0 Å². The predicted octanol–water partition coefficient (Wildman–Crippen LogP) is 1.82. The smallest absolute Gasteiger partial charge is 0.245 e. The molecule has 1 heterocycles. The van der Waals surface area contributed by atoms with Crippen molar-refractivity contribution >= 4 is 35.1 Å². The zero-order chi connectivity index (χ0) is 12.0. The molecule has 0 aliphatic carbocycles. The van der Waals surface area contributed by atoms with Crippen LogP contribution >= 0.6 is 23.5 Å². The third kappa shape index (κ3) is 4.01. The van der Waals surface area contributed by atoms with Crippen molar-refractivity contribution in [2.24, 2.45) is 4.99 Å². The summed E-state index contributed by atoms with van der Waals surface area (Å²) < 4.78 is 0. The predicted molar refractivity (Wildman–Crippen MR) is 74.8 cm³/mol. The summed E-state index contributed by atoms with van der Waals surface area (Å²) in [5.41, 5.74) is 1.08. The topological polar surface area (TPSA) is 41.5 Å². The first-order chi connectivity index (χ1) is 7.69. The molecule has 0 aromatic carbocycles. The zero-order valence-electron chi connectivity index (χ0n) is 10.2. The summed E-state index contributed by atoms with van der Waals surface area (Å²) in [5, 5.41) is 3.07. The van der Waals surface area contributed by atoms with Crippen molar-refractivity contribution < 1.29 is 4.79 Å². The molecule has 0 radical (unpaired) electrons. The molecule has 2 atom stereocenters. The second-order valence-electron chi connectivity index (χ2n) is 3.91. The van der Waals surface area contributed by atoms with Crippen LogP contribution in [-0.4, -0.2) is 47.7 Å². The molecule has 0 saturated carbocycles. The van der Waals surface area contributed by atoms with Crippen LogP contribution in [0, 0.1) is 0 Å². The van der Waals surface area contributed by atoms with E-state index in [2.05, 4.69) is 22.8 Å². The summed E-state index contributed by atoms with van der Waals surface area (Å²) in [6.45, 7) is 2.02. The Morgan fingerprint density at radius 1 is 1.25 bits per heavy atom. The number of amides is 1. The van der Waals surface area contributed by atoms with Crippen LogP contribution in [0.5, 0.6) is 0 Å². The summed E-state index contributed by atoms with van der Waals surface area (Å²) in [5.74, 6) is 2.16. The fraction of sp³-hybridized carbons (Fsp3) is 0.818. The Kier molecular flexibility index (Phi) is 6.28. The lowest BCUT2D eigenvalue weighted by Crippen LogP contribution is -2.49. The monoisotopic (exact) mass is 260 g/mol. The van der Waals surface area contributed by atoms with Crippen molar-refractivity contribution in [2.75, 3.05) is 24.0 Å². The minimum absolute atomic E-state index is 0.103. The van der Waals surface area contributed by atoms with Gasteiger partial charge in [0.05, 0.1) is 6.04 Å². The highest BCUT2D eigenvalue weighted by Crippen LogP contribution is 2.13. The number of hydrogen-bond acceptors (Lipinski definition) is 4. The van der Waals surface area contributed by atoms with E-state index in [1.54, 1.807) is 23.5 Å². The Labute approximate surface area is 106 Å². The molecule has 2 unspecified atom stereocenters. The molecular weight excluding hydrogens is 240 g/mol. The summed E-state index contributed by atoms with van der Waals surface area (Å²) in [4.78, 5) is 16.3. The van der Waals surface area contributed by atoms with Crippen LogP contribution < -0.4 is 5.32 Å². The highest BCUT2D eigenvalue weighted by Gasteiger charge is 2.27. The SMILES string of the molecule is CSCCC1N=C(C)C(CCSC)NC1=O. The maximum absolute atomic E-state index is 11.8. The maximum Gasteiger partial charge on any atom is 0.245 e. The largest absolute Gasteiger partial charge is 0.346 e. The lowest BCUT2D eigenvalue weighted by molar-refractivity contribution is -0.123. The normalized spacial score (nSPS) is 25.2. The van der Waals surface area contributed by atoms with Crippen molar-refractivity contribution in [3.63, 3.8) is 0 Å². The van der Waals surface area contributed by atoms with Gasteiger partial charge in [0.25, 0.3) is 0 Å². The Hall–Kier alpha value is -0.160. The molecule has 0 saturated heterocycles. The van der Waals surface area contributed by atoms with E-state index in [1.165, 1.54) is 0 Å². The van der Waals surface area contributed by atoms with Crippen molar-refractivity contribution in [1.82, 2.24) is 5.32 Å². The molecular formula is C11H20N2OS2. The Bertz CT molecular complexity index is 269. The Morgan fingerprint density at radius 2 is 1.88 bits per heavy atom. The molecule has 0 fully saturated rings. The van der Waals surface area contributed by atoms with Gasteiger partial charge in [0.2, 0.25) is 5.91 Å². The van der Waals surface area contributed by atoms with Gasteiger partial charge in [-0.2, -0.15) is 23.5 Å². The van der Waals surface area contributed by atoms with E-state index in [-0.39, 0.29) is 18.0 Å². The van der Waals surface area contributed by atoms with E-state index in [9.17, 15) is 4.79 Å². The highest BCUT2D eigenvalue weighted by molar-refractivity contribution is 7.98. The lowest BCUT2D eigenvalue weighted by atomic mass is 10.0. The van der Waals surface area contributed by atoms with Crippen LogP contribution in [0.25, 0.3) is 0 Å². The Balaban J connectivity index is 2.54. The van der Waals surface area contributed by atoms with E-state index in [0.717, 1.165) is 30.1 Å². The number of carbonyl (C=O) groups excluding carboxylic acids is 1. The number of nitrogens with one attached hydrogen (secondary N) is 1. The summed E-state index contributed by atoms with van der Waals surface area (Å²) in [7, 11) is 0. The van der Waals surface area contributed by atoms with Gasteiger partial charge in [-0.1, -0.05) is 0 Å². The van der Waals surface area contributed by atoms with Crippen molar-refractivity contribution in [3.05, 3.63) is 0 Å². The van der Waals surface area contributed by atoms with Gasteiger partial charge in [0.1, 0.15) is 6.04 Å². The van der Waals surface area contributed by atoms with Gasteiger partial charge in [-0.25, -0.2) is 0 Å². The zero-order valence-corrected chi connectivity index (χ0v) is 11.8. The van der Waals surface area contributed by atoms with E-state index in [1.807, 2.05) is 6.92 Å². The van der Waals surface area contributed by atoms with Gasteiger partial charge >= 0.3 is 0 Å². The van der Waals surface area contributed by atoms with Crippen molar-refractivity contribution in [2.45, 2.75) is 31.8 Å². The van der Waals surface area contributed by atoms with Gasteiger partial charge in [0.15, 0.2) is 0 Å². The van der Waals surface area contributed by atoms with Crippen LogP contribution in [0.1, 0.15) is 19.8 Å². The van der Waals surface area contributed by atoms with Crippen LogP contribution in [0.15, 0.2) is 4.99 Å². The first-order valence-corrected chi connectivity index (χ1v) is 8.30. The number of rotatable bonds is 6. The molecule has 1 aliphatic heterocycles. The number of thioether (sulfide) groups is 2. The summed E-state index contributed by atoms with van der Waals surface area (Å²) in [6.07, 6.45) is 5.97. The molecule has 92 valence electrons. The molecule has 0 spiro atoms. The lowest BCUT2D eigenvalue weighted by Gasteiger charge is -2.27. The molecule has 3 nitrogen and oxygen atoms in total. The second-order valence-corrected chi connectivity index (χ2v) is 5.88. The number of carbonyl (C=O) groups is 1. The Morgan fingerprint density at radius 3 is 2.50 bits per heavy atom. The van der Waals surface area contributed by atoms with E-state index in [0.29, 0.717) is 0 Å². The first kappa shape index (κ1) is 13.9. The fourth-order valence-electron chi connectivity index (χ4n) is 1.71. The molecule has 1 rings (SSSR count). The number of nitrogens with zero attached hydrogens (tertiary/aromatic N) is 1. The van der Waals surface area contributed by atoms with Crippen LogP contribution in [-0.2, 0) is 4.79 Å². The van der Waals surface area contributed by atoms with Gasteiger partial charge in [0, 0.05) is 5.71 Å². The molecule has 16 heavy (non-hydrogen) atoms. The van der Waals surface area contributed by atoms with Crippen molar-refractivity contribution in [3.8, 4) is 0 Å². The van der Waals surface area contributed by atoms with Crippen LogP contribution in [0.3, 0.4) is 0 Å². The minimum atomic E-state index is -0.155. The molecule has 0 aromatic rings. The second kappa shape index (κ2) is 7.22. The molecule has 0 aromatic heterocycles. The number of aliphatic imine (C=N–C) groups is 1. The third-order valence-corrected chi connectivity index (χ3v) is 3.98. The molecule has 1 aliphatic rings. The van der Waals surface area contributed by atoms with Gasteiger partial charge in [-0.3, -0.25) is 9.79 Å². The average molecular weight is 260 g/mol. The molecule has 1 amide bonds. The number of hydrogen-bond donors (Lipinski definition) is 1. The standard InChI is InChI=1S/C11H20N2OS2/c1-8-9(4-6-15-2)13-11(14)10(12-8)5-7-16-3/h9-10H,4-7H2,1-3H3,(H,13,14). The van der Waals surface area contributed by atoms with Crippen LogP contribution in [0.4, 0.5) is 0 Å². The summed E-state index contributed by atoms with van der Waals surface area (Å²) in [6, 6.07) is 0.00320. The first-order valence-electron chi connectivity index (χ1n) is 5.51. The van der Waals surface area contributed by atoms with Gasteiger partial charge in [-0.05, 0) is 43.8 Å². The molecule has 1 N–H and O–H groups in total. The maximum atomic E-state index is 11.8. The molecule has 5 heteroatoms. The van der Waals surface area contributed by atoms with E-state index >= 15 is 0 Å². The average Bonchev–Trinajstić information content (AvgIpc) is 2.28. The van der Waals surface area contributed by atoms with E-state index < -0.39 is 0 Å². The van der Waals surface area contributed by atoms with Gasteiger partial charge in [-0.15, -0.1) is 0 Å². The molecule has 0 bridgehead atoms. The third-order valence-electron chi connectivity index (χ3n) is 2.69.